The number of hydrogen-bond donors (Lipinski definition) is 6. The summed E-state index contributed by atoms with van der Waals surface area (Å²) in [6, 6.07) is 41.9. The largest absolute Gasteiger partial charge is 1.00 e. The molecular formula is C48H32CoN4Na3O10+3. The van der Waals surface area contributed by atoms with Crippen LogP contribution in [0.3, 0.4) is 0 Å². The Morgan fingerprint density at radius 2 is 0.712 bits per heavy atom. The molecule has 6 N–H and O–H groups in total. The zero-order valence-electron chi connectivity index (χ0n) is 35.4. The SMILES string of the molecule is O=C(O)c1ccc(N=Nc2c(O)ccc3ccccc23)c(O)c1C(=O)c1ccccc1.O=C(O)c1ccc(N=Nc2c(O)ccc3ccccc23)c(O)c1C(=O)c1ccccc1.[Co].[Na+].[Na+].[Na+]. The minimum Gasteiger partial charge on any atom is -0.506 e. The van der Waals surface area contributed by atoms with Gasteiger partial charge in [0, 0.05) is 38.7 Å². The molecule has 0 fully saturated rings. The first-order valence-electron chi connectivity index (χ1n) is 18.6. The summed E-state index contributed by atoms with van der Waals surface area (Å²) in [5.41, 5.74) is -0.826. The van der Waals surface area contributed by atoms with Crippen LogP contribution in [-0.2, 0) is 16.8 Å². The Hall–Kier alpha value is -5.53. The van der Waals surface area contributed by atoms with Crippen LogP contribution in [0.15, 0.2) is 178 Å². The summed E-state index contributed by atoms with van der Waals surface area (Å²) < 4.78 is 0. The minimum atomic E-state index is -1.36. The first-order valence-corrected chi connectivity index (χ1v) is 18.6. The van der Waals surface area contributed by atoms with Gasteiger partial charge in [0.15, 0.2) is 23.1 Å². The van der Waals surface area contributed by atoms with Crippen molar-refractivity contribution in [3.05, 3.63) is 191 Å². The van der Waals surface area contributed by atoms with Crippen molar-refractivity contribution in [3.8, 4) is 23.0 Å². The van der Waals surface area contributed by atoms with E-state index in [1.807, 2.05) is 24.3 Å². The predicted octanol–water partition coefficient (Wildman–Crippen LogP) is 2.20. The summed E-state index contributed by atoms with van der Waals surface area (Å²) in [4.78, 5) is 49.1. The second kappa shape index (κ2) is 24.8. The molecule has 0 aliphatic heterocycles. The van der Waals surface area contributed by atoms with E-state index in [0.717, 1.165) is 10.8 Å². The fourth-order valence-corrected chi connectivity index (χ4v) is 6.51. The van der Waals surface area contributed by atoms with Crippen LogP contribution in [0.5, 0.6) is 23.0 Å². The molecule has 0 spiro atoms. The van der Waals surface area contributed by atoms with Crippen molar-refractivity contribution in [2.24, 2.45) is 20.5 Å². The number of hydrogen-bond acceptors (Lipinski definition) is 12. The molecule has 0 atom stereocenters. The Kier molecular flexibility index (Phi) is 20.6. The van der Waals surface area contributed by atoms with Gasteiger partial charge in [0.25, 0.3) is 0 Å². The monoisotopic (exact) mass is 952 g/mol. The fourth-order valence-electron chi connectivity index (χ4n) is 6.51. The van der Waals surface area contributed by atoms with Crippen molar-refractivity contribution in [3.63, 3.8) is 0 Å². The van der Waals surface area contributed by atoms with Gasteiger partial charge in [-0.1, -0.05) is 121 Å². The molecule has 8 aromatic carbocycles. The maximum Gasteiger partial charge on any atom is 1.00 e. The maximum atomic E-state index is 12.9. The number of rotatable bonds is 10. The van der Waals surface area contributed by atoms with E-state index < -0.39 is 35.0 Å². The van der Waals surface area contributed by atoms with Crippen molar-refractivity contribution in [2.75, 3.05) is 0 Å². The molecule has 0 saturated heterocycles. The Labute approximate surface area is 452 Å². The van der Waals surface area contributed by atoms with Crippen LogP contribution >= 0.6 is 0 Å². The molecule has 0 aromatic heterocycles. The van der Waals surface area contributed by atoms with Crippen molar-refractivity contribution in [1.29, 1.82) is 0 Å². The molecule has 8 aromatic rings. The average molecular weight is 953 g/mol. The molecule has 66 heavy (non-hydrogen) atoms. The third-order valence-corrected chi connectivity index (χ3v) is 9.57. The number of fused-ring (bicyclic) bond motifs is 2. The predicted molar refractivity (Wildman–Crippen MR) is 229 cm³/mol. The smallest absolute Gasteiger partial charge is 0.506 e. The van der Waals surface area contributed by atoms with Gasteiger partial charge in [-0.15, -0.1) is 20.5 Å². The topological polar surface area (TPSA) is 239 Å². The van der Waals surface area contributed by atoms with E-state index in [2.05, 4.69) is 20.5 Å². The number of carbonyl (C=O) groups excluding carboxylic acids is 2. The summed E-state index contributed by atoms with van der Waals surface area (Å²) in [7, 11) is 0. The second-order valence-electron chi connectivity index (χ2n) is 13.4. The van der Waals surface area contributed by atoms with Gasteiger partial charge < -0.3 is 30.6 Å². The molecule has 14 nitrogen and oxygen atoms in total. The molecule has 1 radical (unpaired) electrons. The molecule has 8 rings (SSSR count). The van der Waals surface area contributed by atoms with Gasteiger partial charge in [-0.3, -0.25) is 9.59 Å². The summed E-state index contributed by atoms with van der Waals surface area (Å²) in [6.07, 6.45) is 0. The molecule has 0 aliphatic rings. The van der Waals surface area contributed by atoms with Crippen molar-refractivity contribution < 1.29 is 155 Å². The van der Waals surface area contributed by atoms with E-state index in [9.17, 15) is 49.8 Å². The van der Waals surface area contributed by atoms with Crippen molar-refractivity contribution >= 4 is 67.8 Å². The Bertz CT molecular complexity index is 2930. The molecule has 18 heteroatoms. The molecule has 313 valence electrons. The normalized spacial score (nSPS) is 10.4. The number of aromatic carboxylic acids is 2. The van der Waals surface area contributed by atoms with Gasteiger partial charge >= 0.3 is 101 Å². The fraction of sp³-hybridized carbons (Fsp3) is 0. The summed E-state index contributed by atoms with van der Waals surface area (Å²) in [5, 5.41) is 79.9. The first kappa shape index (κ1) is 54.8. The Balaban J connectivity index is 0.000000330. The molecule has 0 amide bonds. The summed E-state index contributed by atoms with van der Waals surface area (Å²) >= 11 is 0. The molecule has 0 heterocycles. The van der Waals surface area contributed by atoms with E-state index in [4.69, 9.17) is 0 Å². The maximum absolute atomic E-state index is 12.9. The van der Waals surface area contributed by atoms with Crippen LogP contribution in [0.2, 0.25) is 0 Å². The van der Waals surface area contributed by atoms with Crippen LogP contribution in [0.4, 0.5) is 22.7 Å². The Morgan fingerprint density at radius 1 is 0.379 bits per heavy atom. The number of carboxylic acids is 2. The number of ketones is 2. The number of carboxylic acid groups (broad SMARTS) is 2. The third-order valence-electron chi connectivity index (χ3n) is 9.57. The molecular weight excluding hydrogens is 920 g/mol. The zero-order chi connectivity index (χ0) is 43.9. The second-order valence-corrected chi connectivity index (χ2v) is 13.4. The van der Waals surface area contributed by atoms with Crippen LogP contribution < -0.4 is 88.7 Å². The van der Waals surface area contributed by atoms with E-state index in [1.165, 1.54) is 60.7 Å². The van der Waals surface area contributed by atoms with Crippen LogP contribution in [0.25, 0.3) is 21.5 Å². The van der Waals surface area contributed by atoms with Gasteiger partial charge in [-0.2, -0.15) is 0 Å². The van der Waals surface area contributed by atoms with Crippen LogP contribution in [0, 0.1) is 0 Å². The van der Waals surface area contributed by atoms with Crippen LogP contribution in [-0.4, -0.2) is 54.1 Å². The van der Waals surface area contributed by atoms with E-state index in [-0.39, 0.29) is 173 Å². The number of nitrogens with zero attached hydrogens (tertiary/aromatic N) is 4. The Morgan fingerprint density at radius 3 is 1.06 bits per heavy atom. The summed E-state index contributed by atoms with van der Waals surface area (Å²) in [6.45, 7) is 0. The van der Waals surface area contributed by atoms with E-state index in [0.29, 0.717) is 10.8 Å². The van der Waals surface area contributed by atoms with E-state index in [1.54, 1.807) is 72.8 Å². The van der Waals surface area contributed by atoms with Gasteiger partial charge in [0.1, 0.15) is 34.2 Å². The van der Waals surface area contributed by atoms with Gasteiger partial charge in [0.05, 0.1) is 22.3 Å². The number of phenolic OH excluding ortho intramolecular Hbond substituents is 4. The quantitative estimate of drug-likeness (QED) is 0.0664. The summed E-state index contributed by atoms with van der Waals surface area (Å²) in [5.74, 6) is -5.43. The number of azo groups is 2. The van der Waals surface area contributed by atoms with Gasteiger partial charge in [-0.05, 0) is 47.2 Å². The van der Waals surface area contributed by atoms with Gasteiger partial charge in [-0.25, -0.2) is 9.59 Å². The molecule has 0 unspecified atom stereocenters. The minimum absolute atomic E-state index is 0. The van der Waals surface area contributed by atoms with Crippen molar-refractivity contribution in [2.45, 2.75) is 0 Å². The zero-order valence-corrected chi connectivity index (χ0v) is 42.5. The van der Waals surface area contributed by atoms with E-state index >= 15 is 0 Å². The molecule has 0 bridgehead atoms. The standard InChI is InChI=1S/2C24H16N2O5.Co.3Na/c2*27-19-13-10-14-6-4-5-9-16(14)21(19)26-25-18-12-11-17(24(30)31)20(23(18)29)22(28)15-7-2-1-3-8-15;;;;/h2*1-13,27,29H,(H,30,31);;;;/q;;;3*+1. The third kappa shape index (κ3) is 12.1. The molecule has 0 aliphatic carbocycles. The number of carbonyl (C=O) groups is 4. The average Bonchev–Trinajstić information content (AvgIpc) is 3.29. The number of benzene rings is 8. The number of aromatic hydroxyl groups is 4. The first-order chi connectivity index (χ1) is 29.9. The van der Waals surface area contributed by atoms with Crippen LogP contribution in [0.1, 0.15) is 52.6 Å². The molecule has 0 saturated carbocycles. The number of phenols is 4. The van der Waals surface area contributed by atoms with Gasteiger partial charge in [0.2, 0.25) is 0 Å². The van der Waals surface area contributed by atoms with Crippen molar-refractivity contribution in [1.82, 2.24) is 0 Å².